The van der Waals surface area contributed by atoms with Gasteiger partial charge < -0.3 is 4.74 Å². The van der Waals surface area contributed by atoms with Crippen molar-refractivity contribution in [2.45, 2.75) is 6.18 Å². The van der Waals surface area contributed by atoms with E-state index in [1.54, 1.807) is 6.07 Å². The first-order chi connectivity index (χ1) is 14.5. The van der Waals surface area contributed by atoms with Gasteiger partial charge in [0.25, 0.3) is 0 Å². The SMILES string of the molecule is FC(F)(F)c1ccccc1Oc1nnc(-c2[c-]ccs2)c2cc3ccccc3cc12.[Ir]. The van der Waals surface area contributed by atoms with Crippen molar-refractivity contribution in [3.63, 3.8) is 0 Å². The Morgan fingerprint density at radius 1 is 0.871 bits per heavy atom. The number of halogens is 3. The second-order valence-electron chi connectivity index (χ2n) is 6.59. The zero-order valence-electron chi connectivity index (χ0n) is 15.6. The van der Waals surface area contributed by atoms with Crippen molar-refractivity contribution in [1.82, 2.24) is 10.2 Å². The number of fused-ring (bicyclic) bond motifs is 2. The van der Waals surface area contributed by atoms with Gasteiger partial charge in [-0.25, -0.2) is 16.4 Å². The van der Waals surface area contributed by atoms with E-state index < -0.39 is 11.7 Å². The molecule has 157 valence electrons. The van der Waals surface area contributed by atoms with Gasteiger partial charge in [0.15, 0.2) is 0 Å². The van der Waals surface area contributed by atoms with E-state index in [-0.39, 0.29) is 31.7 Å². The topological polar surface area (TPSA) is 35.0 Å². The Hall–Kier alpha value is -2.80. The molecular weight excluding hydrogens is 602 g/mol. The number of benzene rings is 3. The van der Waals surface area contributed by atoms with Crippen LogP contribution in [0.1, 0.15) is 5.56 Å². The molecule has 0 aliphatic carbocycles. The van der Waals surface area contributed by atoms with Gasteiger partial charge >= 0.3 is 6.18 Å². The van der Waals surface area contributed by atoms with E-state index >= 15 is 0 Å². The second kappa shape index (κ2) is 8.38. The fraction of sp³-hybridized carbons (Fsp3) is 0.0435. The average Bonchev–Trinajstić information content (AvgIpc) is 3.27. The Morgan fingerprint density at radius 3 is 2.23 bits per heavy atom. The van der Waals surface area contributed by atoms with Crippen LogP contribution in [0.25, 0.3) is 32.1 Å². The second-order valence-corrected chi connectivity index (χ2v) is 7.50. The first kappa shape index (κ1) is 21.4. The Labute approximate surface area is 192 Å². The van der Waals surface area contributed by atoms with Gasteiger partial charge in [-0.15, -0.1) is 10.5 Å². The van der Waals surface area contributed by atoms with Gasteiger partial charge in [0.05, 0.1) is 5.56 Å². The predicted octanol–water partition coefficient (Wildman–Crippen LogP) is 7.12. The molecule has 0 spiro atoms. The molecule has 2 aromatic heterocycles. The molecule has 0 atom stereocenters. The largest absolute Gasteiger partial charge is 0.436 e. The number of hydrogen-bond donors (Lipinski definition) is 0. The number of para-hydroxylation sites is 1. The third-order valence-electron chi connectivity index (χ3n) is 4.69. The quantitative estimate of drug-likeness (QED) is 0.161. The summed E-state index contributed by atoms with van der Waals surface area (Å²) >= 11 is 1.46. The van der Waals surface area contributed by atoms with Crippen LogP contribution in [0.2, 0.25) is 0 Å². The van der Waals surface area contributed by atoms with Crippen molar-refractivity contribution >= 4 is 32.9 Å². The van der Waals surface area contributed by atoms with E-state index in [1.807, 2.05) is 41.8 Å². The van der Waals surface area contributed by atoms with E-state index in [0.29, 0.717) is 11.1 Å². The summed E-state index contributed by atoms with van der Waals surface area (Å²) in [5.41, 5.74) is -0.251. The summed E-state index contributed by atoms with van der Waals surface area (Å²) in [5, 5.41) is 13.5. The van der Waals surface area contributed by atoms with Crippen molar-refractivity contribution in [3.8, 4) is 22.2 Å². The molecule has 0 N–H and O–H groups in total. The molecule has 3 aromatic carbocycles. The smallest absolute Gasteiger partial charge is 0.419 e. The van der Waals surface area contributed by atoms with Gasteiger partial charge in [0.1, 0.15) is 5.75 Å². The number of nitrogens with zero attached hydrogens (tertiary/aromatic N) is 2. The third kappa shape index (κ3) is 4.06. The van der Waals surface area contributed by atoms with Crippen LogP contribution < -0.4 is 4.74 Å². The number of rotatable bonds is 3. The maximum Gasteiger partial charge on any atom is 0.419 e. The summed E-state index contributed by atoms with van der Waals surface area (Å²) in [6, 6.07) is 21.5. The van der Waals surface area contributed by atoms with Gasteiger partial charge in [-0.1, -0.05) is 47.3 Å². The zero-order valence-corrected chi connectivity index (χ0v) is 18.8. The first-order valence-electron chi connectivity index (χ1n) is 8.99. The standard InChI is InChI=1S/C23H12F3N2OS.Ir/c24-23(25,26)18-8-3-4-9-19(18)29-22-17-13-15-7-2-1-6-14(15)12-16(17)21(27-28-22)20-10-5-11-30-20;/h1-9,11-13H;/q-1;. The van der Waals surface area contributed by atoms with Crippen LogP contribution in [0.15, 0.2) is 72.1 Å². The van der Waals surface area contributed by atoms with Crippen LogP contribution in [0, 0.1) is 6.07 Å². The van der Waals surface area contributed by atoms with E-state index in [1.165, 1.54) is 29.5 Å². The predicted molar refractivity (Wildman–Crippen MR) is 111 cm³/mol. The van der Waals surface area contributed by atoms with Crippen LogP contribution in [0.4, 0.5) is 13.2 Å². The van der Waals surface area contributed by atoms with Crippen molar-refractivity contribution in [3.05, 3.63) is 83.7 Å². The molecule has 1 radical (unpaired) electrons. The van der Waals surface area contributed by atoms with E-state index in [0.717, 1.165) is 27.1 Å². The molecule has 0 bridgehead atoms. The minimum Gasteiger partial charge on any atom is -0.436 e. The molecule has 0 fully saturated rings. The van der Waals surface area contributed by atoms with Crippen molar-refractivity contribution in [2.75, 3.05) is 0 Å². The fourth-order valence-electron chi connectivity index (χ4n) is 3.32. The molecule has 0 amide bonds. The van der Waals surface area contributed by atoms with Crippen molar-refractivity contribution in [2.24, 2.45) is 0 Å². The summed E-state index contributed by atoms with van der Waals surface area (Å²) in [4.78, 5) is 0.796. The Kier molecular flexibility index (Phi) is 5.79. The summed E-state index contributed by atoms with van der Waals surface area (Å²) in [6.07, 6.45) is -4.54. The minimum absolute atomic E-state index is 0. The molecule has 0 saturated heterocycles. The zero-order chi connectivity index (χ0) is 20.7. The molecule has 0 aliphatic rings. The maximum absolute atomic E-state index is 13.4. The van der Waals surface area contributed by atoms with Gasteiger partial charge in [-0.05, 0) is 34.4 Å². The molecule has 0 unspecified atom stereocenters. The maximum atomic E-state index is 13.4. The molecule has 8 heteroatoms. The average molecular weight is 614 g/mol. The summed E-state index contributed by atoms with van der Waals surface area (Å²) in [5.74, 6) is -0.294. The monoisotopic (exact) mass is 614 g/mol. The number of hydrogen-bond acceptors (Lipinski definition) is 4. The summed E-state index contributed by atoms with van der Waals surface area (Å²) in [6.45, 7) is 0. The van der Waals surface area contributed by atoms with Gasteiger partial charge in [-0.3, -0.25) is 0 Å². The Morgan fingerprint density at radius 2 is 1.55 bits per heavy atom. The van der Waals surface area contributed by atoms with Crippen molar-refractivity contribution in [1.29, 1.82) is 0 Å². The molecule has 0 saturated carbocycles. The van der Waals surface area contributed by atoms with E-state index in [9.17, 15) is 13.2 Å². The van der Waals surface area contributed by atoms with E-state index in [4.69, 9.17) is 4.74 Å². The molecule has 0 aliphatic heterocycles. The molecule has 5 aromatic rings. The van der Waals surface area contributed by atoms with Crippen LogP contribution in [-0.4, -0.2) is 10.2 Å². The number of thiophene rings is 1. The molecule has 3 nitrogen and oxygen atoms in total. The van der Waals surface area contributed by atoms with Crippen LogP contribution in [0.3, 0.4) is 0 Å². The summed E-state index contributed by atoms with van der Waals surface area (Å²) in [7, 11) is 0. The van der Waals surface area contributed by atoms with Crippen LogP contribution in [-0.2, 0) is 26.3 Å². The van der Waals surface area contributed by atoms with E-state index in [2.05, 4.69) is 16.3 Å². The Bertz CT molecular complexity index is 1370. The normalized spacial score (nSPS) is 11.5. The Balaban J connectivity index is 0.00000231. The van der Waals surface area contributed by atoms with Crippen LogP contribution >= 0.6 is 11.3 Å². The third-order valence-corrected chi connectivity index (χ3v) is 5.51. The number of ether oxygens (including phenoxy) is 1. The molecule has 2 heterocycles. The number of alkyl halides is 3. The van der Waals surface area contributed by atoms with Crippen LogP contribution in [0.5, 0.6) is 11.6 Å². The first-order valence-corrected chi connectivity index (χ1v) is 9.87. The van der Waals surface area contributed by atoms with Gasteiger partial charge in [0, 0.05) is 31.2 Å². The molecule has 5 rings (SSSR count). The summed E-state index contributed by atoms with van der Waals surface area (Å²) < 4.78 is 45.9. The van der Waals surface area contributed by atoms with Gasteiger partial charge in [0.2, 0.25) is 5.88 Å². The fourth-order valence-corrected chi connectivity index (χ4v) is 3.99. The minimum atomic E-state index is -4.54. The number of aromatic nitrogens is 2. The molecular formula is C23H12F3IrN2OS-. The van der Waals surface area contributed by atoms with Crippen molar-refractivity contribution < 1.29 is 38.0 Å². The molecule has 31 heavy (non-hydrogen) atoms. The van der Waals surface area contributed by atoms with Gasteiger partial charge in [-0.2, -0.15) is 25.3 Å².